The Hall–Kier alpha value is -0.540. The van der Waals surface area contributed by atoms with Crippen molar-refractivity contribution in [1.82, 2.24) is 9.78 Å². The minimum atomic E-state index is -0.112. The Labute approximate surface area is 64.2 Å². The largest absolute Gasteiger partial charge is 0.374 e. The number of aromatic nitrogens is 2. The summed E-state index contributed by atoms with van der Waals surface area (Å²) in [5, 5.41) is 13.3. The third kappa shape index (κ3) is 1.02. The zero-order valence-corrected chi connectivity index (χ0v) is 6.68. The number of aliphatic hydroxyl groups is 1. The van der Waals surface area contributed by atoms with Gasteiger partial charge in [0.2, 0.25) is 0 Å². The van der Waals surface area contributed by atoms with Crippen LogP contribution in [0, 0.1) is 13.8 Å². The average molecular weight is 161 g/mol. The molecule has 0 aliphatic carbocycles. The predicted molar refractivity (Wildman–Crippen MR) is 38.9 cm³/mol. The molecule has 1 aromatic heterocycles. The lowest BCUT2D eigenvalue weighted by Crippen LogP contribution is -2.00. The minimum Gasteiger partial charge on any atom is -0.374 e. The number of rotatable bonds is 1. The summed E-state index contributed by atoms with van der Waals surface area (Å²) in [5.41, 5.74) is 1.56. The number of aliphatic hydroxyl groups excluding tert-OH is 1. The summed E-state index contributed by atoms with van der Waals surface area (Å²) in [6, 6.07) is 0. The molecule has 0 amide bonds. The zero-order valence-electron chi connectivity index (χ0n) is 5.93. The van der Waals surface area contributed by atoms with E-state index in [0.29, 0.717) is 5.02 Å². The lowest BCUT2D eigenvalue weighted by molar-refractivity contribution is 0.192. The Morgan fingerprint density at radius 1 is 1.60 bits per heavy atom. The van der Waals surface area contributed by atoms with Gasteiger partial charge >= 0.3 is 0 Å². The standard InChI is InChI=1S/C6H9ClN2O/c1-4-6(7)5(2)9(3-10)8-4/h10H,3H2,1-2H3. The van der Waals surface area contributed by atoms with E-state index < -0.39 is 0 Å². The molecule has 10 heavy (non-hydrogen) atoms. The first-order valence-electron chi connectivity index (χ1n) is 2.97. The molecule has 0 aliphatic heterocycles. The fraction of sp³-hybridized carbons (Fsp3) is 0.500. The van der Waals surface area contributed by atoms with E-state index in [4.69, 9.17) is 16.7 Å². The highest BCUT2D eigenvalue weighted by molar-refractivity contribution is 6.31. The van der Waals surface area contributed by atoms with E-state index in [1.54, 1.807) is 0 Å². The van der Waals surface area contributed by atoms with Crippen LogP contribution >= 0.6 is 11.6 Å². The highest BCUT2D eigenvalue weighted by Crippen LogP contribution is 2.17. The predicted octanol–water partition coefficient (Wildman–Crippen LogP) is 1.10. The Balaban J connectivity index is 3.17. The summed E-state index contributed by atoms with van der Waals surface area (Å²) in [6.07, 6.45) is 0. The second-order valence-electron chi connectivity index (χ2n) is 2.13. The van der Waals surface area contributed by atoms with Gasteiger partial charge in [0.1, 0.15) is 6.73 Å². The monoisotopic (exact) mass is 160 g/mol. The molecule has 0 radical (unpaired) electrons. The van der Waals surface area contributed by atoms with E-state index in [1.807, 2.05) is 13.8 Å². The molecule has 0 aromatic carbocycles. The maximum atomic E-state index is 8.70. The molecule has 3 nitrogen and oxygen atoms in total. The lowest BCUT2D eigenvalue weighted by atomic mass is 10.4. The van der Waals surface area contributed by atoms with Gasteiger partial charge in [0, 0.05) is 0 Å². The Morgan fingerprint density at radius 3 is 2.40 bits per heavy atom. The van der Waals surface area contributed by atoms with Gasteiger partial charge in [-0.15, -0.1) is 0 Å². The summed E-state index contributed by atoms with van der Waals surface area (Å²) in [4.78, 5) is 0. The molecule has 0 saturated carbocycles. The number of hydrogen-bond donors (Lipinski definition) is 1. The fourth-order valence-corrected chi connectivity index (χ4v) is 0.948. The quantitative estimate of drug-likeness (QED) is 0.668. The van der Waals surface area contributed by atoms with Gasteiger partial charge in [-0.3, -0.25) is 0 Å². The lowest BCUT2D eigenvalue weighted by Gasteiger charge is -1.95. The van der Waals surface area contributed by atoms with Crippen LogP contribution in [-0.4, -0.2) is 14.9 Å². The van der Waals surface area contributed by atoms with Crippen molar-refractivity contribution < 1.29 is 5.11 Å². The highest BCUT2D eigenvalue weighted by Gasteiger charge is 2.06. The van der Waals surface area contributed by atoms with Crippen LogP contribution in [0.5, 0.6) is 0 Å². The smallest absolute Gasteiger partial charge is 0.136 e. The molecule has 0 fully saturated rings. The zero-order chi connectivity index (χ0) is 7.72. The second kappa shape index (κ2) is 2.60. The van der Waals surface area contributed by atoms with Crippen LogP contribution in [0.25, 0.3) is 0 Å². The topological polar surface area (TPSA) is 38.0 Å². The van der Waals surface area contributed by atoms with E-state index in [1.165, 1.54) is 4.68 Å². The molecular formula is C6H9ClN2O. The first-order valence-corrected chi connectivity index (χ1v) is 3.35. The molecule has 1 heterocycles. The minimum absolute atomic E-state index is 0.112. The van der Waals surface area contributed by atoms with Gasteiger partial charge in [0.25, 0.3) is 0 Å². The van der Waals surface area contributed by atoms with Crippen LogP contribution < -0.4 is 0 Å². The average Bonchev–Trinajstić information content (AvgIpc) is 2.17. The molecule has 4 heteroatoms. The fourth-order valence-electron chi connectivity index (χ4n) is 0.813. The normalized spacial score (nSPS) is 10.4. The van der Waals surface area contributed by atoms with E-state index >= 15 is 0 Å². The molecule has 1 rings (SSSR count). The summed E-state index contributed by atoms with van der Waals surface area (Å²) < 4.78 is 1.46. The summed E-state index contributed by atoms with van der Waals surface area (Å²) in [5.74, 6) is 0. The SMILES string of the molecule is Cc1nn(CO)c(C)c1Cl. The second-order valence-corrected chi connectivity index (χ2v) is 2.50. The van der Waals surface area contributed by atoms with E-state index in [-0.39, 0.29) is 6.73 Å². The van der Waals surface area contributed by atoms with E-state index in [0.717, 1.165) is 11.4 Å². The van der Waals surface area contributed by atoms with Gasteiger partial charge in [0.05, 0.1) is 16.4 Å². The van der Waals surface area contributed by atoms with Gasteiger partial charge < -0.3 is 5.11 Å². The number of aryl methyl sites for hydroxylation is 1. The maximum Gasteiger partial charge on any atom is 0.136 e. The molecule has 56 valence electrons. The van der Waals surface area contributed by atoms with Crippen LogP contribution in [0.4, 0.5) is 0 Å². The number of nitrogens with zero attached hydrogens (tertiary/aromatic N) is 2. The van der Waals surface area contributed by atoms with Crippen LogP contribution in [0.15, 0.2) is 0 Å². The van der Waals surface area contributed by atoms with Crippen LogP contribution in [0.2, 0.25) is 5.02 Å². The molecule has 1 N–H and O–H groups in total. The summed E-state index contributed by atoms with van der Waals surface area (Å²) >= 11 is 5.78. The Bertz CT molecular complexity index is 244. The number of halogens is 1. The first kappa shape index (κ1) is 7.57. The van der Waals surface area contributed by atoms with Crippen molar-refractivity contribution in [1.29, 1.82) is 0 Å². The summed E-state index contributed by atoms with van der Waals surface area (Å²) in [7, 11) is 0. The number of hydrogen-bond acceptors (Lipinski definition) is 2. The van der Waals surface area contributed by atoms with Crippen molar-refractivity contribution in [3.63, 3.8) is 0 Å². The Morgan fingerprint density at radius 2 is 2.20 bits per heavy atom. The van der Waals surface area contributed by atoms with Crippen LogP contribution in [-0.2, 0) is 6.73 Å². The van der Waals surface area contributed by atoms with E-state index in [2.05, 4.69) is 5.10 Å². The van der Waals surface area contributed by atoms with Crippen molar-refractivity contribution in [2.45, 2.75) is 20.6 Å². The maximum absolute atomic E-state index is 8.70. The third-order valence-electron chi connectivity index (χ3n) is 1.43. The van der Waals surface area contributed by atoms with Gasteiger partial charge in [0.15, 0.2) is 0 Å². The van der Waals surface area contributed by atoms with Crippen molar-refractivity contribution in [3.05, 3.63) is 16.4 Å². The molecule has 1 aromatic rings. The molecule has 0 unspecified atom stereocenters. The molecule has 0 spiro atoms. The summed E-state index contributed by atoms with van der Waals surface area (Å²) in [6.45, 7) is 3.51. The van der Waals surface area contributed by atoms with Gasteiger partial charge in [-0.1, -0.05) is 11.6 Å². The molecule has 0 saturated heterocycles. The van der Waals surface area contributed by atoms with Crippen molar-refractivity contribution in [3.8, 4) is 0 Å². The van der Waals surface area contributed by atoms with Gasteiger partial charge in [-0.2, -0.15) is 5.10 Å². The first-order chi connectivity index (χ1) is 4.66. The molecular weight excluding hydrogens is 152 g/mol. The van der Waals surface area contributed by atoms with Gasteiger partial charge in [-0.05, 0) is 13.8 Å². The van der Waals surface area contributed by atoms with Crippen LogP contribution in [0.1, 0.15) is 11.4 Å². The third-order valence-corrected chi connectivity index (χ3v) is 1.97. The molecule has 0 bridgehead atoms. The highest BCUT2D eigenvalue weighted by atomic mass is 35.5. The van der Waals surface area contributed by atoms with E-state index in [9.17, 15) is 0 Å². The molecule has 0 atom stereocenters. The Kier molecular flexibility index (Phi) is 1.97. The molecule has 0 aliphatic rings. The van der Waals surface area contributed by atoms with Crippen LogP contribution in [0.3, 0.4) is 0 Å². The van der Waals surface area contributed by atoms with Crippen molar-refractivity contribution in [2.75, 3.05) is 0 Å². The van der Waals surface area contributed by atoms with Crippen molar-refractivity contribution >= 4 is 11.6 Å². The van der Waals surface area contributed by atoms with Crippen molar-refractivity contribution in [2.24, 2.45) is 0 Å². The van der Waals surface area contributed by atoms with Gasteiger partial charge in [-0.25, -0.2) is 4.68 Å².